The molecular weight excluding hydrogens is 258 g/mol. The average Bonchev–Trinajstić information content (AvgIpc) is 2.41. The molecule has 0 saturated carbocycles. The van der Waals surface area contributed by atoms with Crippen molar-refractivity contribution in [2.75, 3.05) is 11.1 Å². The molecule has 0 aliphatic rings. The number of anilines is 2. The van der Waals surface area contributed by atoms with Gasteiger partial charge in [-0.15, -0.1) is 0 Å². The van der Waals surface area contributed by atoms with E-state index in [0.29, 0.717) is 16.9 Å². The molecule has 0 spiro atoms. The number of carbonyl (C=O) groups excluding carboxylic acids is 1. The maximum Gasteiger partial charge on any atom is 0.273 e. The van der Waals surface area contributed by atoms with Crippen molar-refractivity contribution in [3.8, 4) is 0 Å². The summed E-state index contributed by atoms with van der Waals surface area (Å²) in [5.74, 6) is -0.316. The van der Waals surface area contributed by atoms with Gasteiger partial charge in [-0.05, 0) is 24.3 Å². The van der Waals surface area contributed by atoms with E-state index in [9.17, 15) is 14.9 Å². The van der Waals surface area contributed by atoms with Crippen LogP contribution in [0.4, 0.5) is 17.1 Å². The van der Waals surface area contributed by atoms with Gasteiger partial charge in [0, 0.05) is 23.0 Å². The highest BCUT2D eigenvalue weighted by molar-refractivity contribution is 5.92. The quantitative estimate of drug-likeness (QED) is 0.506. The Hall–Kier alpha value is -2.89. The highest BCUT2D eigenvalue weighted by Gasteiger charge is 2.15. The number of hydrogen-bond acceptors (Lipinski definition) is 4. The lowest BCUT2D eigenvalue weighted by molar-refractivity contribution is -0.385. The summed E-state index contributed by atoms with van der Waals surface area (Å²) in [7, 11) is 0. The third kappa shape index (κ3) is 3.32. The van der Waals surface area contributed by atoms with E-state index in [2.05, 4.69) is 5.32 Å². The second-order valence-electron chi connectivity index (χ2n) is 4.23. The first kappa shape index (κ1) is 13.5. The van der Waals surface area contributed by atoms with Crippen LogP contribution < -0.4 is 11.1 Å². The number of nitrogens with two attached hydrogens (primary N) is 1. The molecule has 3 N–H and O–H groups in total. The molecular formula is C14H13N3O3. The van der Waals surface area contributed by atoms with Crippen LogP contribution in [0.3, 0.4) is 0 Å². The summed E-state index contributed by atoms with van der Waals surface area (Å²) in [4.78, 5) is 22.2. The van der Waals surface area contributed by atoms with E-state index in [-0.39, 0.29) is 18.0 Å². The van der Waals surface area contributed by atoms with Crippen LogP contribution in [0, 0.1) is 10.1 Å². The van der Waals surface area contributed by atoms with Gasteiger partial charge in [-0.2, -0.15) is 0 Å². The molecule has 6 heteroatoms. The molecule has 0 aliphatic heterocycles. The Balaban J connectivity index is 2.08. The molecule has 6 nitrogen and oxygen atoms in total. The van der Waals surface area contributed by atoms with Gasteiger partial charge in [0.15, 0.2) is 0 Å². The number of rotatable bonds is 4. The van der Waals surface area contributed by atoms with Crippen molar-refractivity contribution in [3.05, 3.63) is 64.2 Å². The van der Waals surface area contributed by atoms with Gasteiger partial charge >= 0.3 is 0 Å². The maximum absolute atomic E-state index is 11.9. The normalized spacial score (nSPS) is 10.0. The average molecular weight is 271 g/mol. The summed E-state index contributed by atoms with van der Waals surface area (Å²) in [6.45, 7) is 0. The summed E-state index contributed by atoms with van der Waals surface area (Å²) >= 11 is 0. The molecule has 0 bridgehead atoms. The second kappa shape index (κ2) is 5.83. The van der Waals surface area contributed by atoms with Gasteiger partial charge in [0.1, 0.15) is 0 Å². The molecule has 102 valence electrons. The Kier molecular flexibility index (Phi) is 3.95. The van der Waals surface area contributed by atoms with Gasteiger partial charge in [-0.3, -0.25) is 14.9 Å². The number of hydrogen-bond donors (Lipinski definition) is 2. The zero-order chi connectivity index (χ0) is 14.5. The fourth-order valence-electron chi connectivity index (χ4n) is 1.78. The Bertz CT molecular complexity index is 638. The first-order valence-corrected chi connectivity index (χ1v) is 5.94. The minimum Gasteiger partial charge on any atom is -0.399 e. The summed E-state index contributed by atoms with van der Waals surface area (Å²) < 4.78 is 0. The van der Waals surface area contributed by atoms with Gasteiger partial charge in [0.25, 0.3) is 5.69 Å². The van der Waals surface area contributed by atoms with Crippen LogP contribution in [0.1, 0.15) is 5.56 Å². The minimum absolute atomic E-state index is 0.0540. The lowest BCUT2D eigenvalue weighted by Gasteiger charge is -2.06. The Labute approximate surface area is 115 Å². The highest BCUT2D eigenvalue weighted by Crippen LogP contribution is 2.19. The molecule has 2 rings (SSSR count). The van der Waals surface area contributed by atoms with Crippen molar-refractivity contribution in [1.82, 2.24) is 0 Å². The summed E-state index contributed by atoms with van der Waals surface area (Å²) in [5, 5.41) is 13.5. The van der Waals surface area contributed by atoms with E-state index in [1.165, 1.54) is 6.07 Å². The monoisotopic (exact) mass is 271 g/mol. The van der Waals surface area contributed by atoms with Crippen molar-refractivity contribution in [1.29, 1.82) is 0 Å². The van der Waals surface area contributed by atoms with Crippen molar-refractivity contribution < 1.29 is 9.72 Å². The number of nitrogens with one attached hydrogen (secondary N) is 1. The van der Waals surface area contributed by atoms with Crippen LogP contribution in [0.25, 0.3) is 0 Å². The number of para-hydroxylation sites is 1. The summed E-state index contributed by atoms with van der Waals surface area (Å²) in [5.41, 5.74) is 7.07. The van der Waals surface area contributed by atoms with Crippen LogP contribution in [0.15, 0.2) is 48.5 Å². The van der Waals surface area contributed by atoms with E-state index in [0.717, 1.165) is 0 Å². The minimum atomic E-state index is -0.494. The molecule has 0 fully saturated rings. The van der Waals surface area contributed by atoms with Gasteiger partial charge in [0.2, 0.25) is 5.91 Å². The van der Waals surface area contributed by atoms with Gasteiger partial charge in [-0.25, -0.2) is 0 Å². The number of nitrogens with zero attached hydrogens (tertiary/aromatic N) is 1. The topological polar surface area (TPSA) is 98.3 Å². The van der Waals surface area contributed by atoms with Crippen molar-refractivity contribution >= 4 is 23.0 Å². The molecule has 20 heavy (non-hydrogen) atoms. The van der Waals surface area contributed by atoms with Gasteiger partial charge in [0.05, 0.1) is 11.3 Å². The smallest absolute Gasteiger partial charge is 0.273 e. The number of benzene rings is 2. The van der Waals surface area contributed by atoms with Crippen LogP contribution >= 0.6 is 0 Å². The number of amides is 1. The van der Waals surface area contributed by atoms with Crippen molar-refractivity contribution in [2.45, 2.75) is 6.42 Å². The molecule has 2 aromatic carbocycles. The van der Waals surface area contributed by atoms with Crippen LogP contribution in [0.2, 0.25) is 0 Å². The molecule has 0 aliphatic carbocycles. The van der Waals surface area contributed by atoms with E-state index in [1.54, 1.807) is 42.5 Å². The SMILES string of the molecule is Nc1ccc(NC(=O)Cc2ccccc2[N+](=O)[O-])cc1. The van der Waals surface area contributed by atoms with E-state index in [4.69, 9.17) is 5.73 Å². The van der Waals surface area contributed by atoms with Crippen LogP contribution in [0.5, 0.6) is 0 Å². The molecule has 0 aromatic heterocycles. The fourth-order valence-corrected chi connectivity index (χ4v) is 1.78. The molecule has 2 aromatic rings. The number of nitro benzene ring substituents is 1. The first-order valence-electron chi connectivity index (χ1n) is 5.94. The van der Waals surface area contributed by atoms with Crippen LogP contribution in [-0.4, -0.2) is 10.8 Å². The Morgan fingerprint density at radius 1 is 1.15 bits per heavy atom. The van der Waals surface area contributed by atoms with Crippen molar-refractivity contribution in [3.63, 3.8) is 0 Å². The van der Waals surface area contributed by atoms with Gasteiger partial charge in [-0.1, -0.05) is 18.2 Å². The third-order valence-electron chi connectivity index (χ3n) is 2.73. The lowest BCUT2D eigenvalue weighted by atomic mass is 10.1. The molecule has 0 saturated heterocycles. The zero-order valence-electron chi connectivity index (χ0n) is 10.6. The summed E-state index contributed by atoms with van der Waals surface area (Å²) in [6, 6.07) is 12.9. The Morgan fingerprint density at radius 3 is 2.45 bits per heavy atom. The number of nitrogen functional groups attached to an aromatic ring is 1. The number of nitro groups is 1. The highest BCUT2D eigenvalue weighted by atomic mass is 16.6. The van der Waals surface area contributed by atoms with E-state index < -0.39 is 4.92 Å². The van der Waals surface area contributed by atoms with Crippen molar-refractivity contribution in [2.24, 2.45) is 0 Å². The van der Waals surface area contributed by atoms with Crippen LogP contribution in [-0.2, 0) is 11.2 Å². The van der Waals surface area contributed by atoms with E-state index in [1.807, 2.05) is 0 Å². The zero-order valence-corrected chi connectivity index (χ0v) is 10.6. The fraction of sp³-hybridized carbons (Fsp3) is 0.0714. The second-order valence-corrected chi connectivity index (χ2v) is 4.23. The van der Waals surface area contributed by atoms with E-state index >= 15 is 0 Å². The van der Waals surface area contributed by atoms with Gasteiger partial charge < -0.3 is 11.1 Å². The lowest BCUT2D eigenvalue weighted by Crippen LogP contribution is -2.15. The first-order chi connectivity index (χ1) is 9.56. The molecule has 0 heterocycles. The third-order valence-corrected chi connectivity index (χ3v) is 2.73. The molecule has 1 amide bonds. The largest absolute Gasteiger partial charge is 0.399 e. The number of carbonyl (C=O) groups is 1. The molecule has 0 atom stereocenters. The molecule has 0 unspecified atom stereocenters. The predicted molar refractivity (Wildman–Crippen MR) is 76.3 cm³/mol. The Morgan fingerprint density at radius 2 is 1.80 bits per heavy atom. The predicted octanol–water partition coefficient (Wildman–Crippen LogP) is 2.36. The molecule has 0 radical (unpaired) electrons. The summed E-state index contributed by atoms with van der Waals surface area (Å²) in [6.07, 6.45) is -0.0540. The maximum atomic E-state index is 11.9. The standard InChI is InChI=1S/C14H13N3O3/c15-11-5-7-12(8-6-11)16-14(18)9-10-3-1-2-4-13(10)17(19)20/h1-8H,9,15H2,(H,16,18).